The normalized spacial score (nSPS) is 12.3. The smallest absolute Gasteiger partial charge is 0.317 e. The quantitative estimate of drug-likeness (QED) is 0.671. The van der Waals surface area contributed by atoms with Crippen LogP contribution in [0.5, 0.6) is 11.5 Å². The first-order chi connectivity index (χ1) is 8.43. The van der Waals surface area contributed by atoms with Crippen LogP contribution >= 0.6 is 0 Å². The number of carboxylic acids is 1. The molecule has 0 aliphatic carbocycles. The van der Waals surface area contributed by atoms with Crippen molar-refractivity contribution in [2.75, 3.05) is 13.1 Å². The molecule has 0 saturated heterocycles. The zero-order valence-corrected chi connectivity index (χ0v) is 10.2. The van der Waals surface area contributed by atoms with E-state index in [2.05, 4.69) is 6.58 Å². The lowest BCUT2D eigenvalue weighted by Gasteiger charge is -2.26. The number of aliphatic carboxylic acids is 1. The maximum Gasteiger partial charge on any atom is 0.317 e. The van der Waals surface area contributed by atoms with Crippen molar-refractivity contribution in [2.45, 2.75) is 13.0 Å². The first-order valence-corrected chi connectivity index (χ1v) is 5.53. The Hall–Kier alpha value is -2.01. The summed E-state index contributed by atoms with van der Waals surface area (Å²) >= 11 is 0. The lowest BCUT2D eigenvalue weighted by molar-refractivity contribution is -0.138. The summed E-state index contributed by atoms with van der Waals surface area (Å²) in [5.41, 5.74) is 0.649. The van der Waals surface area contributed by atoms with E-state index in [1.807, 2.05) is 0 Å². The Morgan fingerprint density at radius 1 is 1.39 bits per heavy atom. The van der Waals surface area contributed by atoms with Crippen molar-refractivity contribution < 1.29 is 20.1 Å². The van der Waals surface area contributed by atoms with Gasteiger partial charge in [-0.1, -0.05) is 6.08 Å². The van der Waals surface area contributed by atoms with Gasteiger partial charge in [0.25, 0.3) is 0 Å². The number of hydrogen-bond donors (Lipinski definition) is 3. The van der Waals surface area contributed by atoms with Crippen molar-refractivity contribution in [1.29, 1.82) is 0 Å². The fourth-order valence-electron chi connectivity index (χ4n) is 1.77. The molecule has 18 heavy (non-hydrogen) atoms. The minimum absolute atomic E-state index is 0.0503. The second-order valence-electron chi connectivity index (χ2n) is 4.07. The second kappa shape index (κ2) is 6.07. The van der Waals surface area contributed by atoms with Crippen LogP contribution in [-0.4, -0.2) is 39.3 Å². The van der Waals surface area contributed by atoms with E-state index in [0.717, 1.165) is 0 Å². The fourth-order valence-corrected chi connectivity index (χ4v) is 1.77. The number of hydrogen-bond acceptors (Lipinski definition) is 4. The standard InChI is InChI=1S/C13H17NO4/c1-3-4-14(8-13(17)18)9(2)10-5-11(15)7-12(16)6-10/h3,5-7,9,15-16H,1,4,8H2,2H3,(H,17,18). The summed E-state index contributed by atoms with van der Waals surface area (Å²) in [5.74, 6) is -1.04. The molecule has 1 aromatic carbocycles. The third-order valence-electron chi connectivity index (χ3n) is 2.66. The second-order valence-corrected chi connectivity index (χ2v) is 4.07. The van der Waals surface area contributed by atoms with Crippen LogP contribution in [0, 0.1) is 0 Å². The minimum atomic E-state index is -0.937. The van der Waals surface area contributed by atoms with E-state index in [0.29, 0.717) is 12.1 Å². The Kier molecular flexibility index (Phi) is 4.74. The van der Waals surface area contributed by atoms with Crippen molar-refractivity contribution in [3.8, 4) is 11.5 Å². The average Bonchev–Trinajstić information content (AvgIpc) is 2.25. The van der Waals surface area contributed by atoms with Gasteiger partial charge in [0.1, 0.15) is 11.5 Å². The van der Waals surface area contributed by atoms with Crippen molar-refractivity contribution in [2.24, 2.45) is 0 Å². The van der Waals surface area contributed by atoms with E-state index in [4.69, 9.17) is 5.11 Å². The van der Waals surface area contributed by atoms with E-state index in [1.165, 1.54) is 18.2 Å². The van der Waals surface area contributed by atoms with Crippen molar-refractivity contribution >= 4 is 5.97 Å². The molecule has 0 heterocycles. The molecule has 3 N–H and O–H groups in total. The summed E-state index contributed by atoms with van der Waals surface area (Å²) in [7, 11) is 0. The predicted octanol–water partition coefficient (Wildman–Crippen LogP) is 1.73. The molecule has 0 amide bonds. The lowest BCUT2D eigenvalue weighted by atomic mass is 10.1. The highest BCUT2D eigenvalue weighted by molar-refractivity contribution is 5.69. The summed E-state index contributed by atoms with van der Waals surface area (Å²) in [5, 5.41) is 27.7. The first kappa shape index (κ1) is 14.1. The molecule has 0 spiro atoms. The Morgan fingerprint density at radius 2 is 1.94 bits per heavy atom. The topological polar surface area (TPSA) is 81.0 Å². The zero-order valence-electron chi connectivity index (χ0n) is 10.2. The molecule has 0 aliphatic heterocycles. The number of benzene rings is 1. The highest BCUT2D eigenvalue weighted by Crippen LogP contribution is 2.27. The molecular formula is C13H17NO4. The molecule has 5 nitrogen and oxygen atoms in total. The van der Waals surface area contributed by atoms with Crippen LogP contribution < -0.4 is 0 Å². The van der Waals surface area contributed by atoms with E-state index < -0.39 is 5.97 Å². The number of phenolic OH excluding ortho intramolecular Hbond substituents is 2. The number of aromatic hydroxyl groups is 2. The van der Waals surface area contributed by atoms with E-state index in [1.54, 1.807) is 17.9 Å². The molecule has 1 atom stereocenters. The van der Waals surface area contributed by atoms with E-state index >= 15 is 0 Å². The van der Waals surface area contributed by atoms with E-state index in [-0.39, 0.29) is 24.1 Å². The molecule has 98 valence electrons. The predicted molar refractivity (Wildman–Crippen MR) is 67.6 cm³/mol. The highest BCUT2D eigenvalue weighted by Gasteiger charge is 2.18. The summed E-state index contributed by atoms with van der Waals surface area (Å²) < 4.78 is 0. The van der Waals surface area contributed by atoms with Crippen LogP contribution in [0.1, 0.15) is 18.5 Å². The summed E-state index contributed by atoms with van der Waals surface area (Å²) in [4.78, 5) is 12.4. The SMILES string of the molecule is C=CCN(CC(=O)O)C(C)c1cc(O)cc(O)c1. The van der Waals surface area contributed by atoms with Gasteiger partial charge in [-0.3, -0.25) is 9.69 Å². The maximum atomic E-state index is 10.8. The Balaban J connectivity index is 2.96. The van der Waals surface area contributed by atoms with Crippen LogP contribution in [-0.2, 0) is 4.79 Å². The monoisotopic (exact) mass is 251 g/mol. The summed E-state index contributed by atoms with van der Waals surface area (Å²) in [6.07, 6.45) is 1.61. The van der Waals surface area contributed by atoms with Gasteiger partial charge in [-0.05, 0) is 24.6 Å². The molecule has 0 bridgehead atoms. The molecule has 0 fully saturated rings. The molecular weight excluding hydrogens is 234 g/mol. The highest BCUT2D eigenvalue weighted by atomic mass is 16.4. The van der Waals surface area contributed by atoms with E-state index in [9.17, 15) is 15.0 Å². The van der Waals surface area contributed by atoms with Crippen molar-refractivity contribution in [1.82, 2.24) is 4.90 Å². The number of phenols is 2. The average molecular weight is 251 g/mol. The molecule has 5 heteroatoms. The fraction of sp³-hybridized carbons (Fsp3) is 0.308. The van der Waals surface area contributed by atoms with Crippen molar-refractivity contribution in [3.05, 3.63) is 36.4 Å². The molecule has 0 aromatic heterocycles. The van der Waals surface area contributed by atoms with Crippen LogP contribution in [0.2, 0.25) is 0 Å². The van der Waals surface area contributed by atoms with Gasteiger partial charge in [-0.15, -0.1) is 6.58 Å². The van der Waals surface area contributed by atoms with Crippen LogP contribution in [0.25, 0.3) is 0 Å². The molecule has 0 radical (unpaired) electrons. The number of carboxylic acid groups (broad SMARTS) is 1. The minimum Gasteiger partial charge on any atom is -0.508 e. The number of rotatable bonds is 6. The van der Waals surface area contributed by atoms with Gasteiger partial charge in [0.05, 0.1) is 6.54 Å². The van der Waals surface area contributed by atoms with Crippen LogP contribution in [0.4, 0.5) is 0 Å². The Labute approximate surface area is 106 Å². The van der Waals surface area contributed by atoms with Gasteiger partial charge in [0.15, 0.2) is 0 Å². The lowest BCUT2D eigenvalue weighted by Crippen LogP contribution is -2.32. The van der Waals surface area contributed by atoms with Crippen LogP contribution in [0.3, 0.4) is 0 Å². The van der Waals surface area contributed by atoms with Crippen LogP contribution in [0.15, 0.2) is 30.9 Å². The Bertz CT molecular complexity index is 424. The van der Waals surface area contributed by atoms with Crippen molar-refractivity contribution in [3.63, 3.8) is 0 Å². The number of carbonyl (C=O) groups is 1. The molecule has 1 aromatic rings. The first-order valence-electron chi connectivity index (χ1n) is 5.53. The zero-order chi connectivity index (χ0) is 13.7. The maximum absolute atomic E-state index is 10.8. The van der Waals surface area contributed by atoms with Gasteiger partial charge >= 0.3 is 5.97 Å². The van der Waals surface area contributed by atoms with Gasteiger partial charge in [0, 0.05) is 18.7 Å². The molecule has 1 rings (SSSR count). The third kappa shape index (κ3) is 3.78. The van der Waals surface area contributed by atoms with Gasteiger partial charge in [-0.25, -0.2) is 0 Å². The molecule has 0 saturated carbocycles. The van der Waals surface area contributed by atoms with Gasteiger partial charge < -0.3 is 15.3 Å². The Morgan fingerprint density at radius 3 is 2.39 bits per heavy atom. The molecule has 0 aliphatic rings. The van der Waals surface area contributed by atoms with Gasteiger partial charge in [-0.2, -0.15) is 0 Å². The summed E-state index contributed by atoms with van der Waals surface area (Å²) in [6, 6.07) is 3.98. The summed E-state index contributed by atoms with van der Waals surface area (Å²) in [6.45, 7) is 5.66. The van der Waals surface area contributed by atoms with Gasteiger partial charge in [0.2, 0.25) is 0 Å². The third-order valence-corrected chi connectivity index (χ3v) is 2.66. The molecule has 1 unspecified atom stereocenters. The number of nitrogens with zero attached hydrogens (tertiary/aromatic N) is 1. The largest absolute Gasteiger partial charge is 0.508 e.